The monoisotopic (exact) mass is 313 g/mol. The molecule has 0 amide bonds. The number of carboxylic acid groups (broad SMARTS) is 1. The first-order chi connectivity index (χ1) is 8.06. The summed E-state index contributed by atoms with van der Waals surface area (Å²) < 4.78 is 2.49. The summed E-state index contributed by atoms with van der Waals surface area (Å²) in [7, 11) is 1.83. The van der Waals surface area contributed by atoms with Gasteiger partial charge in [-0.15, -0.1) is 10.2 Å². The van der Waals surface area contributed by atoms with Crippen LogP contribution in [0.3, 0.4) is 0 Å². The van der Waals surface area contributed by atoms with Gasteiger partial charge in [-0.3, -0.25) is 0 Å². The molecule has 0 saturated carbocycles. The van der Waals surface area contributed by atoms with Crippen molar-refractivity contribution in [2.45, 2.75) is 10.1 Å². The third-order valence-corrected chi connectivity index (χ3v) is 3.48. The average Bonchev–Trinajstić information content (AvgIpc) is 2.63. The first kappa shape index (κ1) is 12.1. The van der Waals surface area contributed by atoms with E-state index < -0.39 is 5.97 Å². The van der Waals surface area contributed by atoms with Crippen LogP contribution in [0.4, 0.5) is 0 Å². The van der Waals surface area contributed by atoms with Gasteiger partial charge in [-0.05, 0) is 30.0 Å². The molecular weight excluding hydrogens is 306 g/mol. The summed E-state index contributed by atoms with van der Waals surface area (Å²) in [5, 5.41) is 17.3. The first-order valence-corrected chi connectivity index (χ1v) is 6.23. The Bertz CT molecular complexity index is 570. The Kier molecular flexibility index (Phi) is 3.49. The third-order valence-electron chi connectivity index (χ3n) is 2.00. The van der Waals surface area contributed by atoms with Gasteiger partial charge in [0, 0.05) is 16.4 Å². The Balaban J connectivity index is 2.33. The quantitative estimate of drug-likeness (QED) is 0.942. The van der Waals surface area contributed by atoms with Gasteiger partial charge in [0.05, 0.1) is 5.56 Å². The molecule has 0 spiro atoms. The highest BCUT2D eigenvalue weighted by molar-refractivity contribution is 9.10. The number of carboxylic acids is 1. The predicted octanol–water partition coefficient (Wildman–Crippen LogP) is 2.43. The number of rotatable bonds is 3. The molecule has 7 heteroatoms. The maximum absolute atomic E-state index is 10.9. The molecule has 5 nitrogen and oxygen atoms in total. The molecule has 1 aromatic heterocycles. The molecule has 0 fully saturated rings. The SMILES string of the molecule is Cn1cnnc1Sc1cc(Br)cc(C(=O)O)c1. The molecule has 1 heterocycles. The number of hydrogen-bond acceptors (Lipinski definition) is 4. The third kappa shape index (κ3) is 2.86. The number of hydrogen-bond donors (Lipinski definition) is 1. The van der Waals surface area contributed by atoms with Crippen molar-refractivity contribution in [3.8, 4) is 0 Å². The molecule has 0 saturated heterocycles. The van der Waals surface area contributed by atoms with Gasteiger partial charge in [0.2, 0.25) is 0 Å². The van der Waals surface area contributed by atoms with Crippen LogP contribution < -0.4 is 0 Å². The van der Waals surface area contributed by atoms with Crippen LogP contribution in [-0.2, 0) is 7.05 Å². The summed E-state index contributed by atoms with van der Waals surface area (Å²) in [5.41, 5.74) is 0.240. The van der Waals surface area contributed by atoms with Crippen molar-refractivity contribution in [1.82, 2.24) is 14.8 Å². The van der Waals surface area contributed by atoms with E-state index in [0.29, 0.717) is 5.16 Å². The smallest absolute Gasteiger partial charge is 0.335 e. The maximum atomic E-state index is 10.9. The lowest BCUT2D eigenvalue weighted by molar-refractivity contribution is 0.0696. The zero-order valence-electron chi connectivity index (χ0n) is 8.79. The second-order valence-electron chi connectivity index (χ2n) is 3.31. The molecule has 2 rings (SSSR count). The Hall–Kier alpha value is -1.34. The number of aryl methyl sites for hydroxylation is 1. The summed E-state index contributed by atoms with van der Waals surface area (Å²) in [6.07, 6.45) is 1.60. The van der Waals surface area contributed by atoms with Crippen LogP contribution in [0.5, 0.6) is 0 Å². The molecule has 1 aromatic carbocycles. The van der Waals surface area contributed by atoms with Crippen LogP contribution in [0.1, 0.15) is 10.4 Å². The number of halogens is 1. The summed E-state index contributed by atoms with van der Waals surface area (Å²) in [6.45, 7) is 0. The normalized spacial score (nSPS) is 10.5. The fraction of sp³-hybridized carbons (Fsp3) is 0.100. The van der Waals surface area contributed by atoms with Crippen molar-refractivity contribution in [2.75, 3.05) is 0 Å². The van der Waals surface area contributed by atoms with Gasteiger partial charge in [-0.25, -0.2) is 4.79 Å². The molecule has 88 valence electrons. The van der Waals surface area contributed by atoms with Crippen LogP contribution in [0.2, 0.25) is 0 Å². The predicted molar refractivity (Wildman–Crippen MR) is 66.2 cm³/mol. The summed E-state index contributed by atoms with van der Waals surface area (Å²) in [5.74, 6) is -0.953. The Morgan fingerprint density at radius 1 is 1.47 bits per heavy atom. The largest absolute Gasteiger partial charge is 0.478 e. The van der Waals surface area contributed by atoms with Crippen LogP contribution >= 0.6 is 27.7 Å². The number of carbonyl (C=O) groups is 1. The van der Waals surface area contributed by atoms with Gasteiger partial charge >= 0.3 is 5.97 Å². The van der Waals surface area contributed by atoms with Crippen LogP contribution in [0.25, 0.3) is 0 Å². The molecule has 0 aliphatic heterocycles. The van der Waals surface area contributed by atoms with E-state index in [2.05, 4.69) is 26.1 Å². The van der Waals surface area contributed by atoms with Crippen molar-refractivity contribution in [3.63, 3.8) is 0 Å². The van der Waals surface area contributed by atoms with E-state index in [1.165, 1.54) is 11.8 Å². The zero-order valence-corrected chi connectivity index (χ0v) is 11.2. The second kappa shape index (κ2) is 4.89. The van der Waals surface area contributed by atoms with E-state index in [0.717, 1.165) is 9.37 Å². The minimum Gasteiger partial charge on any atom is -0.478 e. The molecule has 1 N–H and O–H groups in total. The van der Waals surface area contributed by atoms with Crippen molar-refractivity contribution in [2.24, 2.45) is 7.05 Å². The van der Waals surface area contributed by atoms with Crippen LogP contribution in [-0.4, -0.2) is 25.8 Å². The molecule has 0 unspecified atom stereocenters. The van der Waals surface area contributed by atoms with E-state index in [9.17, 15) is 4.79 Å². The number of aromatic nitrogens is 3. The van der Waals surface area contributed by atoms with Crippen molar-refractivity contribution in [1.29, 1.82) is 0 Å². The summed E-state index contributed by atoms with van der Waals surface area (Å²) >= 11 is 4.65. The fourth-order valence-electron chi connectivity index (χ4n) is 1.22. The van der Waals surface area contributed by atoms with Crippen molar-refractivity contribution >= 4 is 33.7 Å². The van der Waals surface area contributed by atoms with Crippen molar-refractivity contribution in [3.05, 3.63) is 34.6 Å². The Morgan fingerprint density at radius 3 is 2.82 bits per heavy atom. The molecule has 0 aliphatic rings. The van der Waals surface area contributed by atoms with E-state index in [1.807, 2.05) is 13.1 Å². The number of aromatic carboxylic acids is 1. The Morgan fingerprint density at radius 2 is 2.24 bits per heavy atom. The molecule has 0 radical (unpaired) electrons. The Labute approximate surface area is 110 Å². The van der Waals surface area contributed by atoms with Gasteiger partial charge < -0.3 is 9.67 Å². The topological polar surface area (TPSA) is 68.0 Å². The van der Waals surface area contributed by atoms with Gasteiger partial charge in [-0.2, -0.15) is 0 Å². The van der Waals surface area contributed by atoms with E-state index in [-0.39, 0.29) is 5.56 Å². The van der Waals surface area contributed by atoms with E-state index in [1.54, 1.807) is 23.0 Å². The minimum atomic E-state index is -0.953. The summed E-state index contributed by atoms with van der Waals surface area (Å²) in [6, 6.07) is 5.00. The minimum absolute atomic E-state index is 0.240. The number of nitrogens with zero attached hydrogens (tertiary/aromatic N) is 3. The van der Waals surface area contributed by atoms with Crippen LogP contribution in [0, 0.1) is 0 Å². The molecule has 17 heavy (non-hydrogen) atoms. The summed E-state index contributed by atoms with van der Waals surface area (Å²) in [4.78, 5) is 11.7. The lowest BCUT2D eigenvalue weighted by Crippen LogP contribution is -1.96. The maximum Gasteiger partial charge on any atom is 0.335 e. The van der Waals surface area contributed by atoms with Crippen molar-refractivity contribution < 1.29 is 9.90 Å². The van der Waals surface area contributed by atoms with Gasteiger partial charge in [0.1, 0.15) is 6.33 Å². The van der Waals surface area contributed by atoms with E-state index in [4.69, 9.17) is 5.11 Å². The lowest BCUT2D eigenvalue weighted by Gasteiger charge is -2.03. The highest BCUT2D eigenvalue weighted by Gasteiger charge is 2.09. The molecular formula is C10H8BrN3O2S. The molecule has 2 aromatic rings. The average molecular weight is 314 g/mol. The van der Waals surface area contributed by atoms with Crippen LogP contribution in [0.15, 0.2) is 39.1 Å². The van der Waals surface area contributed by atoms with Gasteiger partial charge in [-0.1, -0.05) is 15.9 Å². The first-order valence-electron chi connectivity index (χ1n) is 4.62. The highest BCUT2D eigenvalue weighted by Crippen LogP contribution is 2.29. The molecule has 0 bridgehead atoms. The van der Waals surface area contributed by atoms with Gasteiger partial charge in [0.15, 0.2) is 5.16 Å². The van der Waals surface area contributed by atoms with E-state index >= 15 is 0 Å². The number of benzene rings is 1. The molecule has 0 atom stereocenters. The molecule has 0 aliphatic carbocycles. The zero-order chi connectivity index (χ0) is 12.4. The second-order valence-corrected chi connectivity index (χ2v) is 5.26. The standard InChI is InChI=1S/C10H8BrN3O2S/c1-14-5-12-13-10(14)17-8-3-6(9(15)16)2-7(11)4-8/h2-5H,1H3,(H,15,16). The highest BCUT2D eigenvalue weighted by atomic mass is 79.9. The van der Waals surface area contributed by atoms with Gasteiger partial charge in [0.25, 0.3) is 0 Å². The lowest BCUT2D eigenvalue weighted by atomic mass is 10.2. The fourth-order valence-corrected chi connectivity index (χ4v) is 2.72.